The van der Waals surface area contributed by atoms with Gasteiger partial charge in [-0.25, -0.2) is 4.79 Å². The zero-order valence-corrected chi connectivity index (χ0v) is 15.8. The summed E-state index contributed by atoms with van der Waals surface area (Å²) in [7, 11) is 3.11. The Morgan fingerprint density at radius 1 is 0.962 bits per heavy atom. The first-order valence-electron chi connectivity index (χ1n) is 7.68. The maximum atomic E-state index is 11.8. The third-order valence-corrected chi connectivity index (χ3v) is 3.83. The van der Waals surface area contributed by atoms with Crippen molar-refractivity contribution in [2.24, 2.45) is 0 Å². The van der Waals surface area contributed by atoms with E-state index in [4.69, 9.17) is 42.1 Å². The van der Waals surface area contributed by atoms with Crippen molar-refractivity contribution in [3.8, 4) is 17.2 Å². The average molecular weight is 397 g/mol. The van der Waals surface area contributed by atoms with E-state index in [1.165, 1.54) is 6.08 Å². The number of halogens is 2. The predicted octanol–water partition coefficient (Wildman–Crippen LogP) is 4.65. The third-order valence-electron chi connectivity index (χ3n) is 3.30. The van der Waals surface area contributed by atoms with Crippen molar-refractivity contribution in [2.45, 2.75) is 0 Å². The number of hydrogen-bond acceptors (Lipinski definition) is 5. The fourth-order valence-electron chi connectivity index (χ4n) is 2.06. The van der Waals surface area contributed by atoms with E-state index < -0.39 is 5.97 Å². The van der Waals surface area contributed by atoms with Crippen LogP contribution in [0.4, 0.5) is 0 Å². The molecule has 0 saturated carbocycles. The lowest BCUT2D eigenvalue weighted by Crippen LogP contribution is -2.10. The Labute approximate surface area is 162 Å². The van der Waals surface area contributed by atoms with Crippen molar-refractivity contribution >= 4 is 35.2 Å². The molecule has 2 rings (SSSR count). The summed E-state index contributed by atoms with van der Waals surface area (Å²) in [5, 5.41) is 0.922. The molecule has 0 heterocycles. The van der Waals surface area contributed by atoms with Gasteiger partial charge < -0.3 is 18.9 Å². The zero-order chi connectivity index (χ0) is 18.9. The van der Waals surface area contributed by atoms with Crippen LogP contribution in [0, 0.1) is 0 Å². The highest BCUT2D eigenvalue weighted by Crippen LogP contribution is 2.28. The molecule has 0 unspecified atom stereocenters. The number of ether oxygens (including phenoxy) is 4. The van der Waals surface area contributed by atoms with Gasteiger partial charge in [0.1, 0.15) is 19.0 Å². The first-order valence-corrected chi connectivity index (χ1v) is 8.44. The van der Waals surface area contributed by atoms with Crippen LogP contribution in [0.15, 0.2) is 42.5 Å². The summed E-state index contributed by atoms with van der Waals surface area (Å²) in [5.41, 5.74) is 0.781. The molecule has 0 spiro atoms. The van der Waals surface area contributed by atoms with Crippen LogP contribution in [0.3, 0.4) is 0 Å². The molecule has 0 aliphatic heterocycles. The van der Waals surface area contributed by atoms with Gasteiger partial charge in [0.15, 0.2) is 11.5 Å². The topological polar surface area (TPSA) is 54.0 Å². The SMILES string of the molecule is COc1ccc(/C=C/C(=O)OCCOc2ccc(Cl)cc2Cl)cc1OC. The molecule has 0 N–H and O–H groups in total. The second kappa shape index (κ2) is 9.94. The molecule has 2 aromatic carbocycles. The molecule has 0 amide bonds. The van der Waals surface area contributed by atoms with Crippen molar-refractivity contribution in [2.75, 3.05) is 27.4 Å². The summed E-state index contributed by atoms with van der Waals surface area (Å²) >= 11 is 11.8. The number of esters is 1. The van der Waals surface area contributed by atoms with E-state index in [-0.39, 0.29) is 13.2 Å². The Kier molecular flexibility index (Phi) is 7.63. The number of carbonyl (C=O) groups excluding carboxylic acids is 1. The summed E-state index contributed by atoms with van der Waals surface area (Å²) in [4.78, 5) is 11.8. The first kappa shape index (κ1) is 19.9. The Morgan fingerprint density at radius 3 is 2.38 bits per heavy atom. The van der Waals surface area contributed by atoms with Crippen molar-refractivity contribution in [1.29, 1.82) is 0 Å². The maximum absolute atomic E-state index is 11.8. The van der Waals surface area contributed by atoms with E-state index in [0.29, 0.717) is 27.3 Å². The molecule has 0 radical (unpaired) electrons. The summed E-state index contributed by atoms with van der Waals surface area (Å²) in [6.07, 6.45) is 2.96. The minimum absolute atomic E-state index is 0.0913. The van der Waals surface area contributed by atoms with E-state index in [9.17, 15) is 4.79 Å². The number of methoxy groups -OCH3 is 2. The highest BCUT2D eigenvalue weighted by Gasteiger charge is 2.05. The van der Waals surface area contributed by atoms with Crippen LogP contribution in [0.5, 0.6) is 17.2 Å². The molecular formula is C19H18Cl2O5. The largest absolute Gasteiger partial charge is 0.493 e. The van der Waals surface area contributed by atoms with Gasteiger partial charge in [-0.1, -0.05) is 29.3 Å². The van der Waals surface area contributed by atoms with Gasteiger partial charge in [0.25, 0.3) is 0 Å². The highest BCUT2D eigenvalue weighted by atomic mass is 35.5. The van der Waals surface area contributed by atoms with Gasteiger partial charge in [0.2, 0.25) is 0 Å². The predicted molar refractivity (Wildman–Crippen MR) is 101 cm³/mol. The molecule has 0 aliphatic carbocycles. The van der Waals surface area contributed by atoms with Crippen LogP contribution < -0.4 is 14.2 Å². The van der Waals surface area contributed by atoms with Gasteiger partial charge in [-0.05, 0) is 42.0 Å². The van der Waals surface area contributed by atoms with Gasteiger partial charge >= 0.3 is 5.97 Å². The smallest absolute Gasteiger partial charge is 0.330 e. The number of rotatable bonds is 8. The zero-order valence-electron chi connectivity index (χ0n) is 14.3. The highest BCUT2D eigenvalue weighted by molar-refractivity contribution is 6.35. The van der Waals surface area contributed by atoms with Crippen LogP contribution in [-0.4, -0.2) is 33.4 Å². The molecule has 26 heavy (non-hydrogen) atoms. The van der Waals surface area contributed by atoms with E-state index in [1.54, 1.807) is 56.7 Å². The second-order valence-corrected chi connectivity index (χ2v) is 5.88. The van der Waals surface area contributed by atoms with E-state index in [0.717, 1.165) is 5.56 Å². The molecule has 2 aromatic rings. The Balaban J connectivity index is 1.80. The molecule has 0 atom stereocenters. The minimum Gasteiger partial charge on any atom is -0.493 e. The minimum atomic E-state index is -0.481. The first-order chi connectivity index (χ1) is 12.5. The lowest BCUT2D eigenvalue weighted by molar-refractivity contribution is -0.138. The lowest BCUT2D eigenvalue weighted by Gasteiger charge is -2.08. The lowest BCUT2D eigenvalue weighted by atomic mass is 10.2. The second-order valence-electron chi connectivity index (χ2n) is 5.04. The van der Waals surface area contributed by atoms with Gasteiger partial charge in [-0.2, -0.15) is 0 Å². The summed E-state index contributed by atoms with van der Waals surface area (Å²) < 4.78 is 20.9. The molecule has 0 bridgehead atoms. The van der Waals surface area contributed by atoms with Crippen LogP contribution in [-0.2, 0) is 9.53 Å². The Hall–Kier alpha value is -2.37. The summed E-state index contributed by atoms with van der Waals surface area (Å²) in [6.45, 7) is 0.269. The summed E-state index contributed by atoms with van der Waals surface area (Å²) in [6, 6.07) is 10.2. The summed E-state index contributed by atoms with van der Waals surface area (Å²) in [5.74, 6) is 1.19. The molecule has 5 nitrogen and oxygen atoms in total. The number of carbonyl (C=O) groups is 1. The fourth-order valence-corrected chi connectivity index (χ4v) is 2.52. The third kappa shape index (κ3) is 5.86. The number of benzene rings is 2. The van der Waals surface area contributed by atoms with Crippen LogP contribution in [0.25, 0.3) is 6.08 Å². The monoisotopic (exact) mass is 396 g/mol. The number of hydrogen-bond donors (Lipinski definition) is 0. The molecule has 0 fully saturated rings. The van der Waals surface area contributed by atoms with Gasteiger partial charge in [0.05, 0.1) is 19.2 Å². The van der Waals surface area contributed by atoms with Crippen LogP contribution in [0.2, 0.25) is 10.0 Å². The molecular weight excluding hydrogens is 379 g/mol. The van der Waals surface area contributed by atoms with E-state index >= 15 is 0 Å². The van der Waals surface area contributed by atoms with Crippen molar-refractivity contribution < 1.29 is 23.7 Å². The fraction of sp³-hybridized carbons (Fsp3) is 0.211. The van der Waals surface area contributed by atoms with Crippen molar-refractivity contribution in [1.82, 2.24) is 0 Å². The van der Waals surface area contributed by atoms with E-state index in [2.05, 4.69) is 0 Å². The van der Waals surface area contributed by atoms with Crippen LogP contribution in [0.1, 0.15) is 5.56 Å². The van der Waals surface area contributed by atoms with Gasteiger partial charge in [-0.15, -0.1) is 0 Å². The maximum Gasteiger partial charge on any atom is 0.330 e. The van der Waals surface area contributed by atoms with Crippen molar-refractivity contribution in [3.05, 3.63) is 58.1 Å². The van der Waals surface area contributed by atoms with Crippen molar-refractivity contribution in [3.63, 3.8) is 0 Å². The van der Waals surface area contributed by atoms with Gasteiger partial charge in [0, 0.05) is 11.1 Å². The van der Waals surface area contributed by atoms with Crippen LogP contribution >= 0.6 is 23.2 Å². The Bertz CT molecular complexity index is 789. The van der Waals surface area contributed by atoms with E-state index in [1.807, 2.05) is 0 Å². The molecule has 0 aromatic heterocycles. The normalized spacial score (nSPS) is 10.6. The molecule has 0 aliphatic rings. The Morgan fingerprint density at radius 2 is 1.69 bits per heavy atom. The quantitative estimate of drug-likeness (QED) is 0.369. The molecule has 0 saturated heterocycles. The van der Waals surface area contributed by atoms with Gasteiger partial charge in [-0.3, -0.25) is 0 Å². The molecule has 138 valence electrons. The standard InChI is InChI=1S/C19H18Cl2O5/c1-23-17-6-3-13(11-18(17)24-2)4-8-19(22)26-10-9-25-16-7-5-14(20)12-15(16)21/h3-8,11-12H,9-10H2,1-2H3/b8-4+. The molecule has 7 heteroatoms. The average Bonchev–Trinajstić information content (AvgIpc) is 2.64.